The quantitative estimate of drug-likeness (QED) is 0.482. The number of anilines is 2. The van der Waals surface area contributed by atoms with Gasteiger partial charge in [-0.3, -0.25) is 0 Å². The van der Waals surface area contributed by atoms with Gasteiger partial charge in [0.15, 0.2) is 0 Å². The molecule has 4 heteroatoms. The Kier molecular flexibility index (Phi) is 4.76. The van der Waals surface area contributed by atoms with E-state index in [9.17, 15) is 10.5 Å². The maximum Gasteiger partial charge on any atom is 0.101 e. The van der Waals surface area contributed by atoms with Crippen LogP contribution in [0.25, 0.3) is 0 Å². The minimum absolute atomic E-state index is 0.209. The normalized spacial score (nSPS) is 25.2. The van der Waals surface area contributed by atoms with E-state index < -0.39 is 0 Å². The molecular formula is C32H26N4. The average molecular weight is 467 g/mol. The highest BCUT2D eigenvalue weighted by Crippen LogP contribution is 2.52. The first-order valence-electron chi connectivity index (χ1n) is 12.9. The number of nitrogens with zero attached hydrogens (tertiary/aromatic N) is 4. The Hall–Kier alpha value is -4.28. The van der Waals surface area contributed by atoms with Gasteiger partial charge in [-0.1, -0.05) is 48.6 Å². The number of benzene rings is 1. The van der Waals surface area contributed by atoms with Crippen LogP contribution in [0.4, 0.5) is 11.4 Å². The van der Waals surface area contributed by atoms with Crippen molar-refractivity contribution in [1.29, 1.82) is 10.5 Å². The number of fused-ring (bicyclic) bond motifs is 4. The molecule has 6 aliphatic rings. The molecule has 0 amide bonds. The zero-order valence-electron chi connectivity index (χ0n) is 20.1. The van der Waals surface area contributed by atoms with E-state index in [4.69, 9.17) is 0 Å². The third-order valence-electron chi connectivity index (χ3n) is 8.27. The molecule has 1 aromatic rings. The van der Waals surface area contributed by atoms with Crippen molar-refractivity contribution in [3.8, 4) is 12.1 Å². The lowest BCUT2D eigenvalue weighted by molar-refractivity contribution is 0.745. The summed E-state index contributed by atoms with van der Waals surface area (Å²) in [6, 6.07) is 8.96. The Bertz CT molecular complexity index is 1410. The predicted molar refractivity (Wildman–Crippen MR) is 143 cm³/mol. The second-order valence-electron chi connectivity index (χ2n) is 10.1. The average Bonchev–Trinajstić information content (AvgIpc) is 3.45. The predicted octanol–water partition coefficient (Wildman–Crippen LogP) is 6.79. The van der Waals surface area contributed by atoms with Crippen molar-refractivity contribution in [3.05, 3.63) is 118 Å². The van der Waals surface area contributed by atoms with Crippen LogP contribution in [0.15, 0.2) is 107 Å². The van der Waals surface area contributed by atoms with Crippen molar-refractivity contribution in [2.24, 2.45) is 0 Å². The number of rotatable bonds is 2. The SMILES string of the molecule is N#Cc1cc(N2C3=C(CCC=C3)C3=CC=CCC32)c(N2C3=C(CCC=C3)C3=CC=CCC32)cc1C#N. The van der Waals surface area contributed by atoms with Gasteiger partial charge in [0.1, 0.15) is 12.1 Å². The minimum Gasteiger partial charge on any atom is -0.332 e. The van der Waals surface area contributed by atoms with E-state index in [2.05, 4.69) is 82.7 Å². The summed E-state index contributed by atoms with van der Waals surface area (Å²) in [4.78, 5) is 4.90. The largest absolute Gasteiger partial charge is 0.332 e. The van der Waals surface area contributed by atoms with E-state index in [-0.39, 0.29) is 12.1 Å². The molecule has 2 atom stereocenters. The Morgan fingerprint density at radius 3 is 1.58 bits per heavy atom. The molecule has 0 saturated heterocycles. The van der Waals surface area contributed by atoms with Crippen LogP contribution in [0.3, 0.4) is 0 Å². The van der Waals surface area contributed by atoms with Gasteiger partial charge in [0, 0.05) is 11.4 Å². The highest BCUT2D eigenvalue weighted by Gasteiger charge is 2.42. The molecular weight excluding hydrogens is 440 g/mol. The lowest BCUT2D eigenvalue weighted by Gasteiger charge is -2.37. The highest BCUT2D eigenvalue weighted by atomic mass is 15.3. The summed E-state index contributed by atoms with van der Waals surface area (Å²) in [5.41, 5.74) is 11.0. The molecule has 0 aromatic heterocycles. The van der Waals surface area contributed by atoms with Gasteiger partial charge in [-0.05, 0) is 85.1 Å². The second-order valence-corrected chi connectivity index (χ2v) is 10.1. The van der Waals surface area contributed by atoms with Gasteiger partial charge in [0.2, 0.25) is 0 Å². The number of hydrogen-bond acceptors (Lipinski definition) is 4. The summed E-state index contributed by atoms with van der Waals surface area (Å²) in [5, 5.41) is 20.0. The van der Waals surface area contributed by atoms with Gasteiger partial charge >= 0.3 is 0 Å². The second kappa shape index (κ2) is 8.14. The van der Waals surface area contributed by atoms with E-state index >= 15 is 0 Å². The maximum atomic E-state index is 9.99. The Balaban J connectivity index is 1.48. The standard InChI is InChI=1S/C32H26N4/c33-19-21-17-31(35-27-13-5-1-9-23(27)24-10-2-6-14-28(24)35)32(18-22(21)20-34)36-29-15-7-3-11-25(29)26-12-4-8-16-30(26)36/h1,3,5-9,11,14,16-18,27,29H,2,4,10,12-13,15H2. The molecule has 36 heavy (non-hydrogen) atoms. The molecule has 0 spiro atoms. The summed E-state index contributed by atoms with van der Waals surface area (Å²) in [6.45, 7) is 0. The molecule has 2 aliphatic heterocycles. The van der Waals surface area contributed by atoms with Crippen LogP contribution in [-0.4, -0.2) is 12.1 Å². The minimum atomic E-state index is 0.209. The van der Waals surface area contributed by atoms with Crippen molar-refractivity contribution >= 4 is 11.4 Å². The number of nitriles is 2. The molecule has 0 saturated carbocycles. The highest BCUT2D eigenvalue weighted by molar-refractivity contribution is 5.86. The van der Waals surface area contributed by atoms with Gasteiger partial charge in [-0.25, -0.2) is 0 Å². The van der Waals surface area contributed by atoms with E-state index in [0.29, 0.717) is 11.1 Å². The van der Waals surface area contributed by atoms with E-state index in [0.717, 1.165) is 49.9 Å². The van der Waals surface area contributed by atoms with E-state index in [1.165, 1.54) is 33.7 Å². The molecule has 0 fully saturated rings. The van der Waals surface area contributed by atoms with Crippen molar-refractivity contribution in [2.45, 2.75) is 50.6 Å². The lowest BCUT2D eigenvalue weighted by atomic mass is 9.91. The Labute approximate surface area is 212 Å². The summed E-state index contributed by atoms with van der Waals surface area (Å²) in [7, 11) is 0. The van der Waals surface area contributed by atoms with E-state index in [1.54, 1.807) is 0 Å². The molecule has 7 rings (SSSR count). The molecule has 4 aliphatic carbocycles. The van der Waals surface area contributed by atoms with Crippen LogP contribution in [-0.2, 0) is 0 Å². The summed E-state index contributed by atoms with van der Waals surface area (Å²) >= 11 is 0. The smallest absolute Gasteiger partial charge is 0.101 e. The maximum absolute atomic E-state index is 9.99. The molecule has 0 N–H and O–H groups in total. The zero-order valence-corrected chi connectivity index (χ0v) is 20.1. The molecule has 0 bridgehead atoms. The number of allylic oxidation sites excluding steroid dienone is 8. The molecule has 174 valence electrons. The number of hydrogen-bond donors (Lipinski definition) is 0. The van der Waals surface area contributed by atoms with Crippen LogP contribution in [0.1, 0.15) is 49.7 Å². The van der Waals surface area contributed by atoms with Gasteiger partial charge in [-0.2, -0.15) is 10.5 Å². The van der Waals surface area contributed by atoms with Crippen LogP contribution in [0.5, 0.6) is 0 Å². The molecule has 2 unspecified atom stereocenters. The topological polar surface area (TPSA) is 54.1 Å². The van der Waals surface area contributed by atoms with Gasteiger partial charge < -0.3 is 9.80 Å². The fourth-order valence-corrected chi connectivity index (χ4v) is 6.74. The molecule has 2 heterocycles. The monoisotopic (exact) mass is 466 g/mol. The summed E-state index contributed by atoms with van der Waals surface area (Å²) in [5.74, 6) is 0. The molecule has 0 radical (unpaired) electrons. The van der Waals surface area contributed by atoms with Gasteiger partial charge in [0.25, 0.3) is 0 Å². The van der Waals surface area contributed by atoms with Crippen LogP contribution in [0, 0.1) is 22.7 Å². The lowest BCUT2D eigenvalue weighted by Crippen LogP contribution is -2.36. The Morgan fingerprint density at radius 1 is 0.667 bits per heavy atom. The van der Waals surface area contributed by atoms with Crippen molar-refractivity contribution in [1.82, 2.24) is 0 Å². The van der Waals surface area contributed by atoms with Crippen molar-refractivity contribution in [2.75, 3.05) is 9.80 Å². The fourth-order valence-electron chi connectivity index (χ4n) is 6.74. The molecule has 4 nitrogen and oxygen atoms in total. The summed E-state index contributed by atoms with van der Waals surface area (Å²) < 4.78 is 0. The van der Waals surface area contributed by atoms with Crippen LogP contribution in [0.2, 0.25) is 0 Å². The first kappa shape index (κ1) is 21.0. The van der Waals surface area contributed by atoms with Crippen LogP contribution >= 0.6 is 0 Å². The summed E-state index contributed by atoms with van der Waals surface area (Å²) in [6.07, 6.45) is 28.5. The third-order valence-corrected chi connectivity index (χ3v) is 8.27. The van der Waals surface area contributed by atoms with Crippen molar-refractivity contribution in [3.63, 3.8) is 0 Å². The Morgan fingerprint density at radius 2 is 1.14 bits per heavy atom. The van der Waals surface area contributed by atoms with Crippen molar-refractivity contribution < 1.29 is 0 Å². The zero-order chi connectivity index (χ0) is 24.2. The van der Waals surface area contributed by atoms with Crippen LogP contribution < -0.4 is 9.80 Å². The first-order chi connectivity index (χ1) is 17.8. The fraction of sp³-hybridized carbons (Fsp3) is 0.250. The molecule has 1 aromatic carbocycles. The first-order valence-corrected chi connectivity index (χ1v) is 12.9. The van der Waals surface area contributed by atoms with Gasteiger partial charge in [0.05, 0.1) is 34.6 Å². The third kappa shape index (κ3) is 2.91. The van der Waals surface area contributed by atoms with E-state index in [1.807, 2.05) is 12.1 Å². The van der Waals surface area contributed by atoms with Gasteiger partial charge in [-0.15, -0.1) is 0 Å².